The van der Waals surface area contributed by atoms with Crippen LogP contribution >= 0.6 is 0 Å². The SMILES string of the molecule is CCN(CC)C1=NC=C(OC)C(C#N)=CC1. The van der Waals surface area contributed by atoms with Crippen LogP contribution in [-0.2, 0) is 4.74 Å². The zero-order valence-corrected chi connectivity index (χ0v) is 10.0. The fourth-order valence-electron chi connectivity index (χ4n) is 1.61. The zero-order chi connectivity index (χ0) is 12.0. The molecule has 1 aliphatic rings. The van der Waals surface area contributed by atoms with Gasteiger partial charge in [0.05, 0.1) is 18.9 Å². The fourth-order valence-corrected chi connectivity index (χ4v) is 1.61. The number of rotatable bonds is 3. The van der Waals surface area contributed by atoms with E-state index in [9.17, 15) is 0 Å². The minimum absolute atomic E-state index is 0.532. The third kappa shape index (κ3) is 2.63. The quantitative estimate of drug-likeness (QED) is 0.730. The van der Waals surface area contributed by atoms with E-state index in [1.807, 2.05) is 6.08 Å². The van der Waals surface area contributed by atoms with E-state index >= 15 is 0 Å². The van der Waals surface area contributed by atoms with E-state index in [1.54, 1.807) is 13.3 Å². The highest BCUT2D eigenvalue weighted by molar-refractivity contribution is 5.85. The maximum absolute atomic E-state index is 8.95. The van der Waals surface area contributed by atoms with Gasteiger partial charge in [-0.3, -0.25) is 0 Å². The average molecular weight is 219 g/mol. The first-order valence-electron chi connectivity index (χ1n) is 5.43. The van der Waals surface area contributed by atoms with Gasteiger partial charge in [0.25, 0.3) is 0 Å². The van der Waals surface area contributed by atoms with Gasteiger partial charge < -0.3 is 9.64 Å². The number of ether oxygens (including phenoxy) is 1. The van der Waals surface area contributed by atoms with Crippen molar-refractivity contribution in [3.05, 3.63) is 23.6 Å². The summed E-state index contributed by atoms with van der Waals surface area (Å²) in [5.41, 5.74) is 0.549. The molecule has 0 unspecified atom stereocenters. The van der Waals surface area contributed by atoms with E-state index in [-0.39, 0.29) is 0 Å². The lowest BCUT2D eigenvalue weighted by atomic mass is 10.2. The lowest BCUT2D eigenvalue weighted by molar-refractivity contribution is 0.302. The van der Waals surface area contributed by atoms with E-state index < -0.39 is 0 Å². The van der Waals surface area contributed by atoms with Gasteiger partial charge in [0.2, 0.25) is 0 Å². The first-order valence-corrected chi connectivity index (χ1v) is 5.43. The van der Waals surface area contributed by atoms with Gasteiger partial charge in [0, 0.05) is 19.5 Å². The van der Waals surface area contributed by atoms with Gasteiger partial charge in [-0.25, -0.2) is 4.99 Å². The third-order valence-electron chi connectivity index (χ3n) is 2.55. The topological polar surface area (TPSA) is 48.6 Å². The molecule has 0 amide bonds. The van der Waals surface area contributed by atoms with Crippen LogP contribution in [0.1, 0.15) is 20.3 Å². The summed E-state index contributed by atoms with van der Waals surface area (Å²) in [4.78, 5) is 6.54. The molecule has 0 radical (unpaired) electrons. The summed E-state index contributed by atoms with van der Waals surface area (Å²) in [5.74, 6) is 1.51. The molecule has 0 bridgehead atoms. The average Bonchev–Trinajstić information content (AvgIpc) is 2.53. The number of hydrogen-bond acceptors (Lipinski definition) is 4. The van der Waals surface area contributed by atoms with Crippen molar-refractivity contribution < 1.29 is 4.74 Å². The van der Waals surface area contributed by atoms with Gasteiger partial charge in [0.15, 0.2) is 5.76 Å². The second-order valence-corrected chi connectivity index (χ2v) is 3.35. The van der Waals surface area contributed by atoms with Crippen LogP contribution in [0.2, 0.25) is 0 Å². The molecule has 1 aliphatic heterocycles. The molecule has 16 heavy (non-hydrogen) atoms. The predicted molar refractivity (Wildman–Crippen MR) is 63.8 cm³/mol. The second kappa shape index (κ2) is 5.96. The molecule has 0 fully saturated rings. The Hall–Kier alpha value is -1.76. The van der Waals surface area contributed by atoms with Gasteiger partial charge in [-0.1, -0.05) is 6.08 Å². The van der Waals surface area contributed by atoms with Gasteiger partial charge in [-0.2, -0.15) is 5.26 Å². The molecule has 1 rings (SSSR count). The first kappa shape index (κ1) is 12.3. The maximum atomic E-state index is 8.95. The van der Waals surface area contributed by atoms with Gasteiger partial charge in [0.1, 0.15) is 11.9 Å². The summed E-state index contributed by atoms with van der Waals surface area (Å²) in [6.45, 7) is 6.02. The zero-order valence-electron chi connectivity index (χ0n) is 10.0. The minimum atomic E-state index is 0.532. The predicted octanol–water partition coefficient (Wildman–Crippen LogP) is 2.07. The summed E-state index contributed by atoms with van der Waals surface area (Å²) in [6, 6.07) is 2.12. The van der Waals surface area contributed by atoms with Crippen LogP contribution in [0.4, 0.5) is 0 Å². The number of nitrogens with zero attached hydrogens (tertiary/aromatic N) is 3. The van der Waals surface area contributed by atoms with E-state index in [1.165, 1.54) is 0 Å². The molecule has 0 aromatic heterocycles. The Balaban J connectivity index is 2.96. The molecule has 0 spiro atoms. The molecular weight excluding hydrogens is 202 g/mol. The summed E-state index contributed by atoms with van der Waals surface area (Å²) < 4.78 is 5.11. The Bertz CT molecular complexity index is 370. The molecule has 86 valence electrons. The second-order valence-electron chi connectivity index (χ2n) is 3.35. The normalized spacial score (nSPS) is 15.2. The number of methoxy groups -OCH3 is 1. The maximum Gasteiger partial charge on any atom is 0.154 e. The van der Waals surface area contributed by atoms with Crippen LogP contribution in [0.15, 0.2) is 28.6 Å². The largest absolute Gasteiger partial charge is 0.494 e. The highest BCUT2D eigenvalue weighted by Gasteiger charge is 2.12. The summed E-state index contributed by atoms with van der Waals surface area (Å²) in [5, 5.41) is 8.95. The van der Waals surface area contributed by atoms with Crippen molar-refractivity contribution in [3.63, 3.8) is 0 Å². The van der Waals surface area contributed by atoms with E-state index in [4.69, 9.17) is 10.00 Å². The van der Waals surface area contributed by atoms with Crippen LogP contribution in [0, 0.1) is 11.3 Å². The Kier molecular flexibility index (Phi) is 4.59. The van der Waals surface area contributed by atoms with Crippen molar-refractivity contribution >= 4 is 5.84 Å². The van der Waals surface area contributed by atoms with E-state index in [2.05, 4.69) is 29.8 Å². The van der Waals surface area contributed by atoms with Crippen molar-refractivity contribution in [2.45, 2.75) is 20.3 Å². The van der Waals surface area contributed by atoms with Crippen molar-refractivity contribution in [2.24, 2.45) is 4.99 Å². The molecular formula is C12H17N3O. The molecule has 0 aromatic rings. The Morgan fingerprint density at radius 3 is 2.69 bits per heavy atom. The van der Waals surface area contributed by atoms with Gasteiger partial charge in [-0.05, 0) is 13.8 Å². The lowest BCUT2D eigenvalue weighted by Crippen LogP contribution is -2.29. The molecule has 0 N–H and O–H groups in total. The molecule has 0 aliphatic carbocycles. The van der Waals surface area contributed by atoms with Crippen LogP contribution in [0.3, 0.4) is 0 Å². The summed E-state index contributed by atoms with van der Waals surface area (Å²) in [7, 11) is 1.55. The fraction of sp³-hybridized carbons (Fsp3) is 0.500. The molecule has 4 nitrogen and oxygen atoms in total. The summed E-state index contributed by atoms with van der Waals surface area (Å²) in [6.07, 6.45) is 4.16. The minimum Gasteiger partial charge on any atom is -0.494 e. The number of nitriles is 1. The number of hydrogen-bond donors (Lipinski definition) is 0. The standard InChI is InChI=1S/C12H17N3O/c1-4-15(5-2)12-7-6-10(8-13)11(16-3)9-14-12/h6,9H,4-5,7H2,1-3H3. The van der Waals surface area contributed by atoms with E-state index in [0.29, 0.717) is 17.8 Å². The Labute approximate surface area is 96.5 Å². The number of aliphatic imine (C=N–C) groups is 1. The van der Waals surface area contributed by atoms with Crippen molar-refractivity contribution in [1.82, 2.24) is 4.90 Å². The van der Waals surface area contributed by atoms with Crippen LogP contribution in [0.5, 0.6) is 0 Å². The van der Waals surface area contributed by atoms with Gasteiger partial charge in [-0.15, -0.1) is 0 Å². The molecule has 0 aromatic carbocycles. The van der Waals surface area contributed by atoms with Crippen molar-refractivity contribution in [3.8, 4) is 6.07 Å². The molecule has 0 saturated heterocycles. The monoisotopic (exact) mass is 219 g/mol. The molecule has 0 atom stereocenters. The number of allylic oxidation sites excluding steroid dienone is 1. The van der Waals surface area contributed by atoms with Gasteiger partial charge >= 0.3 is 0 Å². The van der Waals surface area contributed by atoms with Crippen LogP contribution < -0.4 is 0 Å². The van der Waals surface area contributed by atoms with Crippen LogP contribution in [-0.4, -0.2) is 30.9 Å². The van der Waals surface area contributed by atoms with Crippen molar-refractivity contribution in [2.75, 3.05) is 20.2 Å². The lowest BCUT2D eigenvalue weighted by Gasteiger charge is -2.21. The third-order valence-corrected chi connectivity index (χ3v) is 2.55. The Morgan fingerprint density at radius 2 is 2.19 bits per heavy atom. The number of amidine groups is 1. The van der Waals surface area contributed by atoms with E-state index in [0.717, 1.165) is 18.9 Å². The first-order chi connectivity index (χ1) is 7.76. The molecule has 0 saturated carbocycles. The Morgan fingerprint density at radius 1 is 1.50 bits per heavy atom. The molecule has 1 heterocycles. The highest BCUT2D eigenvalue weighted by Crippen LogP contribution is 2.15. The summed E-state index contributed by atoms with van der Waals surface area (Å²) >= 11 is 0. The smallest absolute Gasteiger partial charge is 0.154 e. The highest BCUT2D eigenvalue weighted by atomic mass is 16.5. The molecule has 4 heteroatoms. The van der Waals surface area contributed by atoms with Crippen molar-refractivity contribution in [1.29, 1.82) is 5.26 Å². The van der Waals surface area contributed by atoms with Crippen LogP contribution in [0.25, 0.3) is 0 Å².